The minimum absolute atomic E-state index is 0.110. The fourth-order valence-corrected chi connectivity index (χ4v) is 4.98. The number of ketones is 1. The molecule has 0 bridgehead atoms. The summed E-state index contributed by atoms with van der Waals surface area (Å²) in [5.41, 5.74) is -1.39. The van der Waals surface area contributed by atoms with E-state index in [9.17, 15) is 19.8 Å². The predicted molar refractivity (Wildman–Crippen MR) is 104 cm³/mol. The number of esters is 1. The summed E-state index contributed by atoms with van der Waals surface area (Å²) in [4.78, 5) is 25.6. The number of aliphatic hydroxyl groups is 1. The van der Waals surface area contributed by atoms with Crippen molar-refractivity contribution in [2.24, 2.45) is 17.3 Å². The number of para-hydroxylation sites is 1. The molecule has 1 aromatic rings. The lowest BCUT2D eigenvalue weighted by Gasteiger charge is -2.43. The lowest BCUT2D eigenvalue weighted by Crippen LogP contribution is -2.56. The van der Waals surface area contributed by atoms with Crippen molar-refractivity contribution in [1.82, 2.24) is 0 Å². The van der Waals surface area contributed by atoms with Gasteiger partial charge < -0.3 is 14.9 Å². The molecule has 5 atom stereocenters. The molecule has 5 nitrogen and oxygen atoms in total. The van der Waals surface area contributed by atoms with Gasteiger partial charge in [0.15, 0.2) is 5.78 Å². The third kappa shape index (κ3) is 2.35. The van der Waals surface area contributed by atoms with Gasteiger partial charge in [-0.15, -0.1) is 0 Å². The number of aromatic hydroxyl groups is 1. The Morgan fingerprint density at radius 3 is 2.64 bits per heavy atom. The maximum Gasteiger partial charge on any atom is 0.334 e. The van der Waals surface area contributed by atoms with Gasteiger partial charge in [-0.05, 0) is 37.8 Å². The van der Waals surface area contributed by atoms with Crippen molar-refractivity contribution in [3.63, 3.8) is 0 Å². The number of phenolic OH excluding ortho intramolecular Hbond substituents is 1. The van der Waals surface area contributed by atoms with E-state index in [0.717, 1.165) is 0 Å². The van der Waals surface area contributed by atoms with Crippen molar-refractivity contribution in [3.05, 3.63) is 59.7 Å². The Morgan fingerprint density at radius 2 is 1.93 bits per heavy atom. The Hall–Kier alpha value is -2.66. The van der Waals surface area contributed by atoms with E-state index in [0.29, 0.717) is 29.6 Å². The summed E-state index contributed by atoms with van der Waals surface area (Å²) >= 11 is 0. The molecule has 0 amide bonds. The van der Waals surface area contributed by atoms with Crippen LogP contribution in [0.25, 0.3) is 6.08 Å². The van der Waals surface area contributed by atoms with Gasteiger partial charge in [0.05, 0.1) is 0 Å². The monoisotopic (exact) mass is 380 g/mol. The van der Waals surface area contributed by atoms with E-state index in [4.69, 9.17) is 4.74 Å². The minimum atomic E-state index is -1.42. The molecule has 2 N–H and O–H groups in total. The van der Waals surface area contributed by atoms with E-state index in [1.807, 2.05) is 6.92 Å². The lowest BCUT2D eigenvalue weighted by molar-refractivity contribution is -0.166. The van der Waals surface area contributed by atoms with Gasteiger partial charge >= 0.3 is 5.97 Å². The molecular weight excluding hydrogens is 356 g/mol. The van der Waals surface area contributed by atoms with Crippen LogP contribution in [0.15, 0.2) is 54.1 Å². The van der Waals surface area contributed by atoms with Crippen LogP contribution in [0.1, 0.15) is 32.3 Å². The summed E-state index contributed by atoms with van der Waals surface area (Å²) in [5.74, 6) is -1.09. The molecule has 1 saturated heterocycles. The first-order valence-electron chi connectivity index (χ1n) is 9.56. The van der Waals surface area contributed by atoms with Crippen molar-refractivity contribution >= 4 is 17.8 Å². The van der Waals surface area contributed by atoms with Crippen LogP contribution in [0.5, 0.6) is 5.75 Å². The molecule has 5 heteroatoms. The molecule has 2 fully saturated rings. The number of hydrogen-bond acceptors (Lipinski definition) is 5. The summed E-state index contributed by atoms with van der Waals surface area (Å²) < 4.78 is 5.57. The molecule has 0 spiro atoms. The van der Waals surface area contributed by atoms with Gasteiger partial charge in [-0.2, -0.15) is 0 Å². The Bertz CT molecular complexity index is 942. The molecular formula is C23H24O5. The zero-order chi connectivity index (χ0) is 20.3. The number of ether oxygens (including phenoxy) is 1. The summed E-state index contributed by atoms with van der Waals surface area (Å²) in [5, 5.41) is 21.6. The molecule has 2 aliphatic carbocycles. The van der Waals surface area contributed by atoms with Gasteiger partial charge in [0.25, 0.3) is 0 Å². The Morgan fingerprint density at radius 1 is 1.21 bits per heavy atom. The van der Waals surface area contributed by atoms with Crippen LogP contribution in [-0.4, -0.2) is 33.7 Å². The Balaban J connectivity index is 1.77. The molecule has 1 aromatic carbocycles. The highest BCUT2D eigenvalue weighted by Gasteiger charge is 2.68. The highest BCUT2D eigenvalue weighted by atomic mass is 16.6. The van der Waals surface area contributed by atoms with Gasteiger partial charge in [0.1, 0.15) is 22.9 Å². The first-order chi connectivity index (χ1) is 13.2. The summed E-state index contributed by atoms with van der Waals surface area (Å²) in [7, 11) is 0. The number of hydrogen-bond donors (Lipinski definition) is 2. The molecule has 1 aliphatic heterocycles. The summed E-state index contributed by atoms with van der Waals surface area (Å²) in [6.07, 6.45) is 5.44. The predicted octanol–water partition coefficient (Wildman–Crippen LogP) is 3.18. The Labute approximate surface area is 164 Å². The number of rotatable bonds is 2. The van der Waals surface area contributed by atoms with Crippen LogP contribution in [0.4, 0.5) is 0 Å². The third-order valence-corrected chi connectivity index (χ3v) is 6.86. The number of carbonyl (C=O) groups excluding carboxylic acids is 2. The van der Waals surface area contributed by atoms with Crippen LogP contribution in [0.2, 0.25) is 0 Å². The molecule has 0 aromatic heterocycles. The molecule has 3 aliphatic rings. The molecule has 0 radical (unpaired) electrons. The molecule has 28 heavy (non-hydrogen) atoms. The van der Waals surface area contributed by atoms with Crippen molar-refractivity contribution in [2.75, 3.05) is 0 Å². The first kappa shape index (κ1) is 18.7. The molecule has 4 rings (SSSR count). The fraction of sp³-hybridized carbons (Fsp3) is 0.391. The van der Waals surface area contributed by atoms with E-state index in [1.165, 1.54) is 0 Å². The summed E-state index contributed by atoms with van der Waals surface area (Å²) in [6.45, 7) is 7.47. The van der Waals surface area contributed by atoms with Gasteiger partial charge in [-0.25, -0.2) is 4.79 Å². The van der Waals surface area contributed by atoms with E-state index in [2.05, 4.69) is 6.58 Å². The van der Waals surface area contributed by atoms with Crippen molar-refractivity contribution in [1.29, 1.82) is 0 Å². The van der Waals surface area contributed by atoms with Crippen LogP contribution in [0, 0.1) is 17.3 Å². The average Bonchev–Trinajstić information content (AvgIpc) is 3.04. The zero-order valence-electron chi connectivity index (χ0n) is 16.0. The maximum atomic E-state index is 13.5. The van der Waals surface area contributed by atoms with Gasteiger partial charge in [0.2, 0.25) is 0 Å². The fourth-order valence-electron chi connectivity index (χ4n) is 4.98. The van der Waals surface area contributed by atoms with Gasteiger partial charge in [-0.3, -0.25) is 4.79 Å². The highest BCUT2D eigenvalue weighted by Crippen LogP contribution is 2.58. The van der Waals surface area contributed by atoms with E-state index in [1.54, 1.807) is 49.4 Å². The van der Waals surface area contributed by atoms with Gasteiger partial charge in [-0.1, -0.05) is 43.9 Å². The van der Waals surface area contributed by atoms with Crippen molar-refractivity contribution in [2.45, 2.75) is 38.4 Å². The SMILES string of the molecule is C=C1C(=O)O[C@@H]2[C@H]1CC[C@H](C)[C@]1(O)C=C(/C=C/c3ccccc3O)C(=O)[C@@]21C. The second-order valence-electron chi connectivity index (χ2n) is 8.28. The number of phenols is 1. The highest BCUT2D eigenvalue weighted by molar-refractivity contribution is 6.08. The molecule has 1 saturated carbocycles. The lowest BCUT2D eigenvalue weighted by atomic mass is 9.64. The number of Topliss-reactive ketones (excluding diaryl/α,β-unsaturated/α-hetero) is 1. The van der Waals surface area contributed by atoms with Gasteiger partial charge in [0, 0.05) is 22.6 Å². The largest absolute Gasteiger partial charge is 0.507 e. The van der Waals surface area contributed by atoms with Crippen LogP contribution >= 0.6 is 0 Å². The maximum absolute atomic E-state index is 13.5. The van der Waals surface area contributed by atoms with Crippen molar-refractivity contribution < 1.29 is 24.5 Å². The van der Waals surface area contributed by atoms with Crippen LogP contribution in [0.3, 0.4) is 0 Å². The smallest absolute Gasteiger partial charge is 0.334 e. The second-order valence-corrected chi connectivity index (χ2v) is 8.28. The number of benzene rings is 1. The number of allylic oxidation sites excluding steroid dienone is 2. The number of fused-ring (bicyclic) bond motifs is 3. The number of carbonyl (C=O) groups is 2. The first-order valence-corrected chi connectivity index (χ1v) is 9.56. The van der Waals surface area contributed by atoms with Crippen LogP contribution < -0.4 is 0 Å². The van der Waals surface area contributed by atoms with Crippen LogP contribution in [-0.2, 0) is 14.3 Å². The van der Waals surface area contributed by atoms with Crippen molar-refractivity contribution in [3.8, 4) is 5.75 Å². The van der Waals surface area contributed by atoms with E-state index < -0.39 is 23.1 Å². The molecule has 1 heterocycles. The molecule has 146 valence electrons. The standard InChI is InChI=1S/C23H24O5/c1-13-8-11-17-14(2)21(26)28-20(17)22(3)19(25)16(12-23(13,22)27)10-9-15-6-4-5-7-18(15)24/h4-7,9-10,12-13,17,20,24,27H,2,8,11H2,1,3H3/b10-9+/t13-,17-,20+,22-,23+/m0/s1. The normalized spacial score (nSPS) is 37.5. The summed E-state index contributed by atoms with van der Waals surface area (Å²) in [6, 6.07) is 6.82. The van der Waals surface area contributed by atoms with E-state index in [-0.39, 0.29) is 23.4 Å². The Kier molecular flexibility index (Phi) is 4.12. The quantitative estimate of drug-likeness (QED) is 0.608. The second kappa shape index (κ2) is 6.17. The molecule has 0 unspecified atom stereocenters. The third-order valence-electron chi connectivity index (χ3n) is 6.86. The topological polar surface area (TPSA) is 83.8 Å². The average molecular weight is 380 g/mol. The minimum Gasteiger partial charge on any atom is -0.507 e. The zero-order valence-corrected chi connectivity index (χ0v) is 16.0. The van der Waals surface area contributed by atoms with E-state index >= 15 is 0 Å².